The van der Waals surface area contributed by atoms with E-state index in [0.717, 1.165) is 24.6 Å². The van der Waals surface area contributed by atoms with Crippen LogP contribution in [0.4, 0.5) is 0 Å². The third-order valence-corrected chi connectivity index (χ3v) is 4.72. The summed E-state index contributed by atoms with van der Waals surface area (Å²) in [6.45, 7) is 7.31. The Kier molecular flexibility index (Phi) is 4.54. The Bertz CT molecular complexity index is 350. The molecule has 0 amide bonds. The van der Waals surface area contributed by atoms with Crippen LogP contribution < -0.4 is 5.73 Å². The standard InChI is InChI=1S/C13H23N3S/c1-3-16(9-12-8-15-10(2)17-12)13-6-4-5-11(13)7-14/h8,11,13H,3-7,9,14H2,1-2H3. The van der Waals surface area contributed by atoms with E-state index in [-0.39, 0.29) is 0 Å². The van der Waals surface area contributed by atoms with Crippen molar-refractivity contribution in [3.63, 3.8) is 0 Å². The highest BCUT2D eigenvalue weighted by Crippen LogP contribution is 2.30. The van der Waals surface area contributed by atoms with Crippen molar-refractivity contribution < 1.29 is 0 Å². The van der Waals surface area contributed by atoms with E-state index in [0.29, 0.717) is 12.0 Å². The van der Waals surface area contributed by atoms with Crippen molar-refractivity contribution in [2.45, 2.75) is 45.7 Å². The third-order valence-electron chi connectivity index (χ3n) is 3.82. The summed E-state index contributed by atoms with van der Waals surface area (Å²) in [6.07, 6.45) is 5.98. The van der Waals surface area contributed by atoms with Crippen LogP contribution in [0.3, 0.4) is 0 Å². The second-order valence-electron chi connectivity index (χ2n) is 4.90. The second kappa shape index (κ2) is 5.94. The molecular weight excluding hydrogens is 230 g/mol. The van der Waals surface area contributed by atoms with Gasteiger partial charge in [-0.2, -0.15) is 0 Å². The summed E-state index contributed by atoms with van der Waals surface area (Å²) in [4.78, 5) is 8.30. The van der Waals surface area contributed by atoms with Crippen LogP contribution in [0.5, 0.6) is 0 Å². The lowest BCUT2D eigenvalue weighted by atomic mass is 10.0. The van der Waals surface area contributed by atoms with Crippen LogP contribution >= 0.6 is 11.3 Å². The van der Waals surface area contributed by atoms with Crippen LogP contribution in [-0.4, -0.2) is 29.0 Å². The van der Waals surface area contributed by atoms with Gasteiger partial charge in [-0.25, -0.2) is 4.98 Å². The van der Waals surface area contributed by atoms with E-state index < -0.39 is 0 Å². The Balaban J connectivity index is 2.00. The largest absolute Gasteiger partial charge is 0.330 e. The van der Waals surface area contributed by atoms with Gasteiger partial charge in [0.15, 0.2) is 0 Å². The van der Waals surface area contributed by atoms with E-state index in [4.69, 9.17) is 5.73 Å². The lowest BCUT2D eigenvalue weighted by molar-refractivity contribution is 0.163. The fourth-order valence-electron chi connectivity index (χ4n) is 2.92. The minimum absolute atomic E-state index is 0.687. The smallest absolute Gasteiger partial charge is 0.0897 e. The van der Waals surface area contributed by atoms with Gasteiger partial charge in [-0.3, -0.25) is 4.90 Å². The molecule has 0 saturated heterocycles. The van der Waals surface area contributed by atoms with Gasteiger partial charge in [0, 0.05) is 23.7 Å². The molecule has 2 rings (SSSR count). The monoisotopic (exact) mass is 253 g/mol. The van der Waals surface area contributed by atoms with E-state index in [2.05, 4.69) is 23.7 Å². The number of hydrogen-bond acceptors (Lipinski definition) is 4. The van der Waals surface area contributed by atoms with Crippen molar-refractivity contribution >= 4 is 11.3 Å². The Labute approximate surface area is 108 Å². The summed E-state index contributed by atoms with van der Waals surface area (Å²) in [7, 11) is 0. The van der Waals surface area contributed by atoms with Gasteiger partial charge in [-0.1, -0.05) is 13.3 Å². The molecule has 2 unspecified atom stereocenters. The van der Waals surface area contributed by atoms with Crippen LogP contribution in [0.25, 0.3) is 0 Å². The molecule has 0 aromatic carbocycles. The molecule has 1 aromatic rings. The van der Waals surface area contributed by atoms with Gasteiger partial charge in [0.25, 0.3) is 0 Å². The van der Waals surface area contributed by atoms with Gasteiger partial charge in [0.05, 0.1) is 5.01 Å². The number of nitrogens with two attached hydrogens (primary N) is 1. The second-order valence-corrected chi connectivity index (χ2v) is 6.22. The predicted octanol–water partition coefficient (Wildman–Crippen LogP) is 2.40. The first kappa shape index (κ1) is 13.0. The number of thiazole rings is 1. The SMILES string of the molecule is CCN(Cc1cnc(C)s1)C1CCCC1CN. The molecule has 1 heterocycles. The topological polar surface area (TPSA) is 42.2 Å². The van der Waals surface area contributed by atoms with E-state index in [1.165, 1.54) is 24.1 Å². The van der Waals surface area contributed by atoms with Gasteiger partial charge in [-0.05, 0) is 38.8 Å². The van der Waals surface area contributed by atoms with Gasteiger partial charge in [0.2, 0.25) is 0 Å². The number of hydrogen-bond donors (Lipinski definition) is 1. The Morgan fingerprint density at radius 2 is 2.35 bits per heavy atom. The zero-order valence-electron chi connectivity index (χ0n) is 10.9. The summed E-state index contributed by atoms with van der Waals surface area (Å²) in [5.41, 5.74) is 5.88. The first-order valence-electron chi connectivity index (χ1n) is 6.60. The van der Waals surface area contributed by atoms with Crippen molar-refractivity contribution in [3.05, 3.63) is 16.1 Å². The molecule has 0 spiro atoms. The van der Waals surface area contributed by atoms with Crippen LogP contribution in [0, 0.1) is 12.8 Å². The summed E-state index contributed by atoms with van der Waals surface area (Å²) < 4.78 is 0. The number of aromatic nitrogens is 1. The maximum Gasteiger partial charge on any atom is 0.0897 e. The minimum Gasteiger partial charge on any atom is -0.330 e. The predicted molar refractivity (Wildman–Crippen MR) is 73.1 cm³/mol. The fourth-order valence-corrected chi connectivity index (χ4v) is 3.74. The molecule has 4 heteroatoms. The van der Waals surface area contributed by atoms with Gasteiger partial charge in [0.1, 0.15) is 0 Å². The molecular formula is C13H23N3S. The van der Waals surface area contributed by atoms with Crippen molar-refractivity contribution in [1.29, 1.82) is 0 Å². The molecule has 0 bridgehead atoms. The maximum atomic E-state index is 5.88. The molecule has 0 aliphatic heterocycles. The number of nitrogens with zero attached hydrogens (tertiary/aromatic N) is 2. The van der Waals surface area contributed by atoms with E-state index in [9.17, 15) is 0 Å². The van der Waals surface area contributed by atoms with Crippen molar-refractivity contribution in [1.82, 2.24) is 9.88 Å². The minimum atomic E-state index is 0.687. The van der Waals surface area contributed by atoms with E-state index in [1.54, 1.807) is 0 Å². The molecule has 1 saturated carbocycles. The molecule has 0 radical (unpaired) electrons. The normalized spacial score (nSPS) is 24.7. The number of aryl methyl sites for hydroxylation is 1. The molecule has 1 fully saturated rings. The summed E-state index contributed by atoms with van der Waals surface area (Å²) >= 11 is 1.82. The highest BCUT2D eigenvalue weighted by molar-refractivity contribution is 7.11. The molecule has 2 N–H and O–H groups in total. The molecule has 1 aliphatic carbocycles. The average Bonchev–Trinajstić information content (AvgIpc) is 2.94. The highest BCUT2D eigenvalue weighted by atomic mass is 32.1. The average molecular weight is 253 g/mol. The summed E-state index contributed by atoms with van der Waals surface area (Å²) in [5.74, 6) is 0.698. The first-order chi connectivity index (χ1) is 8.24. The Hall–Kier alpha value is -0.450. The van der Waals surface area contributed by atoms with Gasteiger partial charge in [-0.15, -0.1) is 11.3 Å². The molecule has 1 aliphatic rings. The van der Waals surface area contributed by atoms with Crippen molar-refractivity contribution in [2.75, 3.05) is 13.1 Å². The van der Waals surface area contributed by atoms with E-state index >= 15 is 0 Å². The fraction of sp³-hybridized carbons (Fsp3) is 0.769. The zero-order valence-corrected chi connectivity index (χ0v) is 11.7. The lowest BCUT2D eigenvalue weighted by Gasteiger charge is -2.31. The Morgan fingerprint density at radius 3 is 2.94 bits per heavy atom. The third kappa shape index (κ3) is 3.06. The summed E-state index contributed by atoms with van der Waals surface area (Å²) in [5, 5.41) is 1.16. The van der Waals surface area contributed by atoms with Crippen LogP contribution in [0.1, 0.15) is 36.1 Å². The van der Waals surface area contributed by atoms with Crippen LogP contribution in [-0.2, 0) is 6.54 Å². The maximum absolute atomic E-state index is 5.88. The van der Waals surface area contributed by atoms with Crippen molar-refractivity contribution in [2.24, 2.45) is 11.7 Å². The highest BCUT2D eigenvalue weighted by Gasteiger charge is 2.30. The number of rotatable bonds is 5. The van der Waals surface area contributed by atoms with Gasteiger partial charge < -0.3 is 5.73 Å². The Morgan fingerprint density at radius 1 is 1.53 bits per heavy atom. The molecule has 2 atom stereocenters. The molecule has 96 valence electrons. The summed E-state index contributed by atoms with van der Waals surface area (Å²) in [6, 6.07) is 0.687. The lowest BCUT2D eigenvalue weighted by Crippen LogP contribution is -2.39. The van der Waals surface area contributed by atoms with E-state index in [1.807, 2.05) is 17.5 Å². The molecule has 17 heavy (non-hydrogen) atoms. The van der Waals surface area contributed by atoms with Crippen LogP contribution in [0.2, 0.25) is 0 Å². The molecule has 3 nitrogen and oxygen atoms in total. The zero-order chi connectivity index (χ0) is 12.3. The van der Waals surface area contributed by atoms with Crippen LogP contribution in [0.15, 0.2) is 6.20 Å². The van der Waals surface area contributed by atoms with Gasteiger partial charge >= 0.3 is 0 Å². The van der Waals surface area contributed by atoms with Crippen molar-refractivity contribution in [3.8, 4) is 0 Å². The quantitative estimate of drug-likeness (QED) is 0.876. The molecule has 1 aromatic heterocycles. The first-order valence-corrected chi connectivity index (χ1v) is 7.41.